The third kappa shape index (κ3) is 6.65. The van der Waals surface area contributed by atoms with E-state index < -0.39 is 0 Å². The molecule has 1 heterocycles. The number of carbonyl (C=O) groups is 1. The number of anilines is 2. The summed E-state index contributed by atoms with van der Waals surface area (Å²) < 4.78 is 5.17. The Morgan fingerprint density at radius 2 is 1.96 bits per heavy atom. The maximum absolute atomic E-state index is 12.1. The van der Waals surface area contributed by atoms with Crippen LogP contribution in [-0.4, -0.2) is 36.6 Å². The van der Waals surface area contributed by atoms with Crippen LogP contribution >= 0.6 is 11.3 Å². The Labute approximate surface area is 159 Å². The summed E-state index contributed by atoms with van der Waals surface area (Å²) in [5.41, 5.74) is 1.76. The Balaban J connectivity index is 1.91. The Morgan fingerprint density at radius 3 is 2.54 bits per heavy atom. The van der Waals surface area contributed by atoms with Crippen LogP contribution in [0.2, 0.25) is 0 Å². The van der Waals surface area contributed by atoms with Gasteiger partial charge in [-0.15, -0.1) is 11.3 Å². The van der Waals surface area contributed by atoms with E-state index in [1.54, 1.807) is 18.4 Å². The number of amides is 1. The molecule has 1 aromatic carbocycles. The summed E-state index contributed by atoms with van der Waals surface area (Å²) in [6.45, 7) is 10.1. The van der Waals surface area contributed by atoms with Crippen molar-refractivity contribution in [1.29, 1.82) is 0 Å². The Bertz CT molecular complexity index is 707. The summed E-state index contributed by atoms with van der Waals surface area (Å²) in [4.78, 5) is 18.0. The fourth-order valence-electron chi connectivity index (χ4n) is 2.50. The average Bonchev–Trinajstić information content (AvgIpc) is 3.00. The number of thiazole rings is 1. The number of nitrogens with zero attached hydrogens (tertiary/aromatic N) is 1. The first-order valence-electron chi connectivity index (χ1n) is 8.79. The number of hydrogen-bond acceptors (Lipinski definition) is 5. The minimum Gasteiger partial charge on any atom is -0.497 e. The van der Waals surface area contributed by atoms with Gasteiger partial charge in [0.15, 0.2) is 11.7 Å². The zero-order valence-corrected chi connectivity index (χ0v) is 17.0. The molecule has 2 rings (SSSR count). The van der Waals surface area contributed by atoms with E-state index in [2.05, 4.69) is 22.5 Å². The highest BCUT2D eigenvalue weighted by atomic mass is 32.1. The molecule has 0 aliphatic heterocycles. The van der Waals surface area contributed by atoms with Crippen LogP contribution < -0.4 is 20.3 Å². The molecule has 0 fully saturated rings. The Morgan fingerprint density at radius 1 is 1.27 bits per heavy atom. The largest absolute Gasteiger partial charge is 0.497 e. The third-order valence-corrected chi connectivity index (χ3v) is 4.56. The molecule has 0 saturated carbocycles. The Hall–Kier alpha value is -2.12. The number of quaternary nitrogens is 1. The van der Waals surface area contributed by atoms with Crippen LogP contribution in [0.1, 0.15) is 33.4 Å². The molecular formula is C19H29N4O2S+. The van der Waals surface area contributed by atoms with Gasteiger partial charge in [0, 0.05) is 16.6 Å². The second kappa shape index (κ2) is 9.00. The Kier molecular flexibility index (Phi) is 6.99. The van der Waals surface area contributed by atoms with E-state index in [0.29, 0.717) is 6.54 Å². The normalized spacial score (nSPS) is 12.5. The van der Waals surface area contributed by atoms with Crippen LogP contribution in [0.15, 0.2) is 29.6 Å². The number of hydrogen-bond donors (Lipinski definition) is 3. The van der Waals surface area contributed by atoms with Crippen molar-refractivity contribution in [2.75, 3.05) is 25.5 Å². The van der Waals surface area contributed by atoms with Crippen LogP contribution in [0.4, 0.5) is 10.8 Å². The number of rotatable bonds is 8. The molecule has 3 N–H and O–H groups in total. The van der Waals surface area contributed by atoms with Crippen molar-refractivity contribution in [3.05, 3.63) is 35.3 Å². The molecule has 6 nitrogen and oxygen atoms in total. The van der Waals surface area contributed by atoms with Crippen molar-refractivity contribution in [3.8, 4) is 5.75 Å². The number of likely N-dealkylation sites (N-methyl/N-ethyl adjacent to an activating group) is 1. The van der Waals surface area contributed by atoms with Crippen LogP contribution in [0.3, 0.4) is 0 Å². The average molecular weight is 378 g/mol. The van der Waals surface area contributed by atoms with E-state index in [9.17, 15) is 4.79 Å². The van der Waals surface area contributed by atoms with Gasteiger partial charge in [-0.25, -0.2) is 4.98 Å². The monoisotopic (exact) mass is 377 g/mol. The maximum Gasteiger partial charge on any atom is 0.275 e. The molecule has 1 amide bonds. The van der Waals surface area contributed by atoms with Gasteiger partial charge >= 0.3 is 0 Å². The highest BCUT2D eigenvalue weighted by Gasteiger charge is 2.19. The fraction of sp³-hybridized carbons (Fsp3) is 0.474. The summed E-state index contributed by atoms with van der Waals surface area (Å²) in [6.07, 6.45) is 0. The van der Waals surface area contributed by atoms with E-state index in [1.165, 1.54) is 4.90 Å². The summed E-state index contributed by atoms with van der Waals surface area (Å²) in [7, 11) is 1.65. The predicted octanol–water partition coefficient (Wildman–Crippen LogP) is 2.21. The SMILES string of the molecule is CC[NH+](CC(=O)NC(C)(C)C)Cc1csc(Nc2ccc(OC)cc2)n1. The summed E-state index contributed by atoms with van der Waals surface area (Å²) in [6, 6.07) is 7.74. The number of methoxy groups -OCH3 is 1. The van der Waals surface area contributed by atoms with Crippen molar-refractivity contribution in [2.24, 2.45) is 0 Å². The van der Waals surface area contributed by atoms with Crippen molar-refractivity contribution >= 4 is 28.1 Å². The molecule has 1 unspecified atom stereocenters. The first kappa shape index (κ1) is 20.2. The van der Waals surface area contributed by atoms with Gasteiger partial charge in [0.05, 0.1) is 13.7 Å². The molecule has 0 spiro atoms. The molecule has 0 aliphatic rings. The number of ether oxygens (including phenoxy) is 1. The smallest absolute Gasteiger partial charge is 0.275 e. The van der Waals surface area contributed by atoms with Crippen molar-refractivity contribution in [3.63, 3.8) is 0 Å². The molecule has 0 radical (unpaired) electrons. The highest BCUT2D eigenvalue weighted by Crippen LogP contribution is 2.22. The zero-order valence-electron chi connectivity index (χ0n) is 16.2. The van der Waals surface area contributed by atoms with E-state index in [0.717, 1.165) is 35.4 Å². The molecule has 2 aromatic rings. The quantitative estimate of drug-likeness (QED) is 0.660. The second-order valence-electron chi connectivity index (χ2n) is 7.25. The van der Waals surface area contributed by atoms with Gasteiger partial charge in [-0.05, 0) is 52.0 Å². The first-order chi connectivity index (χ1) is 12.3. The fourth-order valence-corrected chi connectivity index (χ4v) is 3.23. The lowest BCUT2D eigenvalue weighted by molar-refractivity contribution is -0.904. The molecule has 0 saturated heterocycles. The minimum absolute atomic E-state index is 0.0705. The molecule has 0 aliphatic carbocycles. The van der Waals surface area contributed by atoms with Crippen molar-refractivity contribution in [1.82, 2.24) is 10.3 Å². The molecule has 1 aromatic heterocycles. The zero-order chi connectivity index (χ0) is 19.2. The number of nitrogens with one attached hydrogen (secondary N) is 3. The van der Waals surface area contributed by atoms with Crippen LogP contribution in [0.25, 0.3) is 0 Å². The maximum atomic E-state index is 12.1. The van der Waals surface area contributed by atoms with Gasteiger partial charge in [-0.3, -0.25) is 4.79 Å². The lowest BCUT2D eigenvalue weighted by Gasteiger charge is -2.22. The molecule has 0 bridgehead atoms. The number of benzene rings is 1. The van der Waals surface area contributed by atoms with E-state index >= 15 is 0 Å². The second-order valence-corrected chi connectivity index (χ2v) is 8.11. The van der Waals surface area contributed by atoms with Crippen molar-refractivity contribution in [2.45, 2.75) is 39.8 Å². The lowest BCUT2D eigenvalue weighted by Crippen LogP contribution is -3.11. The molecule has 7 heteroatoms. The number of aromatic nitrogens is 1. The summed E-state index contributed by atoms with van der Waals surface area (Å²) in [5, 5.41) is 9.21. The van der Waals surface area contributed by atoms with Gasteiger partial charge in [0.1, 0.15) is 18.0 Å². The van der Waals surface area contributed by atoms with Gasteiger partial charge in [0.2, 0.25) is 0 Å². The highest BCUT2D eigenvalue weighted by molar-refractivity contribution is 7.13. The van der Waals surface area contributed by atoms with Crippen LogP contribution in [0.5, 0.6) is 5.75 Å². The molecule has 26 heavy (non-hydrogen) atoms. The van der Waals surface area contributed by atoms with Gasteiger partial charge in [-0.1, -0.05) is 0 Å². The molecule has 1 atom stereocenters. The molecular weight excluding hydrogens is 348 g/mol. The topological polar surface area (TPSA) is 67.7 Å². The first-order valence-corrected chi connectivity index (χ1v) is 9.67. The third-order valence-electron chi connectivity index (χ3n) is 3.75. The predicted molar refractivity (Wildman–Crippen MR) is 106 cm³/mol. The summed E-state index contributed by atoms with van der Waals surface area (Å²) in [5.74, 6) is 0.896. The number of carbonyl (C=O) groups excluding carboxylic acids is 1. The lowest BCUT2D eigenvalue weighted by atomic mass is 10.1. The van der Waals surface area contributed by atoms with E-state index in [1.807, 2.05) is 50.4 Å². The standard InChI is InChI=1S/C19H28N4O2S/c1-6-23(12-17(24)22-19(2,3)4)11-15-13-26-18(21-15)20-14-7-9-16(25-5)10-8-14/h7-10,13H,6,11-12H2,1-5H3,(H,20,21)(H,22,24)/p+1. The summed E-state index contributed by atoms with van der Waals surface area (Å²) >= 11 is 1.57. The van der Waals surface area contributed by atoms with Gasteiger partial charge in [-0.2, -0.15) is 0 Å². The van der Waals surface area contributed by atoms with E-state index in [-0.39, 0.29) is 11.4 Å². The van der Waals surface area contributed by atoms with Crippen LogP contribution in [0, 0.1) is 0 Å². The molecule has 142 valence electrons. The van der Waals surface area contributed by atoms with Crippen molar-refractivity contribution < 1.29 is 14.4 Å². The van der Waals surface area contributed by atoms with Gasteiger partial charge < -0.3 is 20.3 Å². The van der Waals surface area contributed by atoms with E-state index in [4.69, 9.17) is 4.74 Å². The minimum atomic E-state index is -0.202. The van der Waals surface area contributed by atoms with Crippen LogP contribution in [-0.2, 0) is 11.3 Å². The van der Waals surface area contributed by atoms with Gasteiger partial charge in [0.25, 0.3) is 5.91 Å².